The summed E-state index contributed by atoms with van der Waals surface area (Å²) in [6.45, 7) is 0. The van der Waals surface area contributed by atoms with E-state index >= 15 is 0 Å². The Hall–Kier alpha value is -1.20. The summed E-state index contributed by atoms with van der Waals surface area (Å²) in [5.41, 5.74) is -0.626. The van der Waals surface area contributed by atoms with Crippen LogP contribution in [0, 0.1) is 0 Å². The molecule has 0 aliphatic heterocycles. The van der Waals surface area contributed by atoms with Crippen LogP contribution in [0.2, 0.25) is 5.02 Å². The first-order valence-corrected chi connectivity index (χ1v) is 5.42. The minimum absolute atomic E-state index is 0.0716. The number of hydrogen-bond donors (Lipinski definition) is 2. The van der Waals surface area contributed by atoms with E-state index in [4.69, 9.17) is 21.8 Å². The van der Waals surface area contributed by atoms with Gasteiger partial charge >= 0.3 is 11.9 Å². The van der Waals surface area contributed by atoms with Gasteiger partial charge in [-0.1, -0.05) is 11.6 Å². The molecule has 0 aliphatic rings. The lowest BCUT2D eigenvalue weighted by Crippen LogP contribution is -2.10. The summed E-state index contributed by atoms with van der Waals surface area (Å²) in [6, 6.07) is 2.87. The molecule has 1 aromatic rings. The number of carboxylic acids is 2. The quantitative estimate of drug-likeness (QED) is 0.802. The van der Waals surface area contributed by atoms with Crippen molar-refractivity contribution < 1.29 is 19.8 Å². The van der Waals surface area contributed by atoms with Crippen LogP contribution >= 0.6 is 23.4 Å². The van der Waals surface area contributed by atoms with E-state index in [-0.39, 0.29) is 16.1 Å². The van der Waals surface area contributed by atoms with Crippen molar-refractivity contribution in [2.24, 2.45) is 0 Å². The number of thioether (sulfide) groups is 1. The molecule has 1 aromatic carbocycles. The van der Waals surface area contributed by atoms with Gasteiger partial charge in [0.05, 0.1) is 16.1 Å². The molecule has 0 aromatic heterocycles. The minimum atomic E-state index is -1.34. The standard InChI is InChI=1S/C9H7ClO4S/c1-15-5-3-2-4(10)6(8(11)12)7(5)9(13)14/h2-3H,1H3,(H,11,12)(H,13,14). The molecular formula is C9H7ClO4S. The van der Waals surface area contributed by atoms with Crippen molar-refractivity contribution in [2.45, 2.75) is 4.90 Å². The molecule has 0 unspecified atom stereocenters. The third kappa shape index (κ3) is 2.24. The van der Waals surface area contributed by atoms with Crippen LogP contribution in [0.15, 0.2) is 17.0 Å². The largest absolute Gasteiger partial charge is 0.478 e. The van der Waals surface area contributed by atoms with Crippen LogP contribution in [0.1, 0.15) is 20.7 Å². The van der Waals surface area contributed by atoms with Gasteiger partial charge in [-0.15, -0.1) is 11.8 Å². The third-order valence-electron chi connectivity index (χ3n) is 1.76. The number of benzene rings is 1. The van der Waals surface area contributed by atoms with Crippen molar-refractivity contribution in [3.8, 4) is 0 Å². The van der Waals surface area contributed by atoms with Crippen LogP contribution in [-0.2, 0) is 0 Å². The average Bonchev–Trinajstić information content (AvgIpc) is 2.16. The fraction of sp³-hybridized carbons (Fsp3) is 0.111. The summed E-state index contributed by atoms with van der Waals surface area (Å²) in [7, 11) is 0. The molecule has 0 atom stereocenters. The van der Waals surface area contributed by atoms with Gasteiger partial charge in [-0.2, -0.15) is 0 Å². The molecule has 0 fully saturated rings. The van der Waals surface area contributed by atoms with Gasteiger partial charge < -0.3 is 10.2 Å². The maximum absolute atomic E-state index is 10.9. The molecule has 15 heavy (non-hydrogen) atoms. The first-order chi connectivity index (χ1) is 6.99. The van der Waals surface area contributed by atoms with Gasteiger partial charge in [-0.3, -0.25) is 0 Å². The molecule has 1 rings (SSSR count). The zero-order valence-corrected chi connectivity index (χ0v) is 9.22. The second-order valence-corrected chi connectivity index (χ2v) is 3.87. The van der Waals surface area contributed by atoms with E-state index in [0.717, 1.165) is 11.8 Å². The zero-order chi connectivity index (χ0) is 11.6. The Labute approximate surface area is 94.9 Å². The van der Waals surface area contributed by atoms with Crippen LogP contribution in [-0.4, -0.2) is 28.4 Å². The average molecular weight is 247 g/mol. The highest BCUT2D eigenvalue weighted by atomic mass is 35.5. The number of hydrogen-bond acceptors (Lipinski definition) is 3. The number of aromatic carboxylic acids is 2. The predicted octanol–water partition coefficient (Wildman–Crippen LogP) is 2.46. The van der Waals surface area contributed by atoms with E-state index in [1.54, 1.807) is 6.26 Å². The Morgan fingerprint density at radius 2 is 1.73 bits per heavy atom. The summed E-state index contributed by atoms with van der Waals surface area (Å²) >= 11 is 6.81. The lowest BCUT2D eigenvalue weighted by atomic mass is 10.1. The second kappa shape index (κ2) is 4.55. The molecule has 0 radical (unpaired) electrons. The molecule has 0 saturated carbocycles. The molecule has 0 bridgehead atoms. The number of halogens is 1. The van der Waals surface area contributed by atoms with E-state index in [0.29, 0.717) is 4.90 Å². The van der Waals surface area contributed by atoms with Gasteiger partial charge in [0, 0.05) is 4.90 Å². The third-order valence-corrected chi connectivity index (χ3v) is 2.86. The Kier molecular flexibility index (Phi) is 3.60. The molecule has 0 saturated heterocycles. The van der Waals surface area contributed by atoms with E-state index in [9.17, 15) is 9.59 Å². The van der Waals surface area contributed by atoms with E-state index in [2.05, 4.69) is 0 Å². The highest BCUT2D eigenvalue weighted by Gasteiger charge is 2.22. The SMILES string of the molecule is CSc1ccc(Cl)c(C(=O)O)c1C(=O)O. The van der Waals surface area contributed by atoms with Crippen LogP contribution in [0.5, 0.6) is 0 Å². The number of rotatable bonds is 3. The second-order valence-electron chi connectivity index (χ2n) is 2.61. The maximum atomic E-state index is 10.9. The van der Waals surface area contributed by atoms with Gasteiger partial charge in [0.25, 0.3) is 0 Å². The molecular weight excluding hydrogens is 240 g/mol. The summed E-state index contributed by atoms with van der Waals surface area (Å²) in [5, 5.41) is 17.7. The Balaban J connectivity index is 3.58. The van der Waals surface area contributed by atoms with Gasteiger partial charge in [-0.05, 0) is 18.4 Å². The van der Waals surface area contributed by atoms with Crippen molar-refractivity contribution in [3.05, 3.63) is 28.3 Å². The predicted molar refractivity (Wildman–Crippen MR) is 57.2 cm³/mol. The molecule has 0 aliphatic carbocycles. The Morgan fingerprint density at radius 3 is 2.13 bits per heavy atom. The number of carboxylic acid groups (broad SMARTS) is 2. The molecule has 80 valence electrons. The first-order valence-electron chi connectivity index (χ1n) is 3.82. The van der Waals surface area contributed by atoms with Crippen molar-refractivity contribution in [1.29, 1.82) is 0 Å². The normalized spacial score (nSPS) is 10.0. The van der Waals surface area contributed by atoms with Crippen LogP contribution in [0.4, 0.5) is 0 Å². The lowest BCUT2D eigenvalue weighted by Gasteiger charge is -2.08. The van der Waals surface area contributed by atoms with E-state index in [1.807, 2.05) is 0 Å². The fourth-order valence-electron chi connectivity index (χ4n) is 1.15. The summed E-state index contributed by atoms with van der Waals surface area (Å²) in [6.07, 6.45) is 1.67. The van der Waals surface area contributed by atoms with Crippen molar-refractivity contribution in [1.82, 2.24) is 0 Å². The summed E-state index contributed by atoms with van der Waals surface area (Å²) < 4.78 is 0. The van der Waals surface area contributed by atoms with E-state index < -0.39 is 11.9 Å². The van der Waals surface area contributed by atoms with Crippen molar-refractivity contribution >= 4 is 35.3 Å². The molecule has 6 heteroatoms. The Morgan fingerprint density at radius 1 is 1.20 bits per heavy atom. The maximum Gasteiger partial charge on any atom is 0.338 e. The fourth-order valence-corrected chi connectivity index (χ4v) is 1.99. The Bertz CT molecular complexity index is 430. The zero-order valence-electron chi connectivity index (χ0n) is 7.65. The molecule has 2 N–H and O–H groups in total. The summed E-state index contributed by atoms with van der Waals surface area (Å²) in [5.74, 6) is -2.63. The minimum Gasteiger partial charge on any atom is -0.478 e. The lowest BCUT2D eigenvalue weighted by molar-refractivity contribution is 0.0648. The van der Waals surface area contributed by atoms with Crippen LogP contribution < -0.4 is 0 Å². The van der Waals surface area contributed by atoms with Crippen LogP contribution in [0.25, 0.3) is 0 Å². The topological polar surface area (TPSA) is 74.6 Å². The summed E-state index contributed by atoms with van der Waals surface area (Å²) in [4.78, 5) is 22.2. The molecule has 4 nitrogen and oxygen atoms in total. The van der Waals surface area contributed by atoms with Gasteiger partial charge in [0.15, 0.2) is 0 Å². The first kappa shape index (κ1) is 11.9. The van der Waals surface area contributed by atoms with E-state index in [1.165, 1.54) is 12.1 Å². The molecule has 0 heterocycles. The van der Waals surface area contributed by atoms with Gasteiger partial charge in [0.2, 0.25) is 0 Å². The smallest absolute Gasteiger partial charge is 0.338 e. The van der Waals surface area contributed by atoms with Gasteiger partial charge in [0.1, 0.15) is 0 Å². The van der Waals surface area contributed by atoms with Crippen molar-refractivity contribution in [3.63, 3.8) is 0 Å². The molecule has 0 amide bonds. The van der Waals surface area contributed by atoms with Crippen molar-refractivity contribution in [2.75, 3.05) is 6.26 Å². The van der Waals surface area contributed by atoms with Crippen LogP contribution in [0.3, 0.4) is 0 Å². The highest BCUT2D eigenvalue weighted by Crippen LogP contribution is 2.29. The number of carbonyl (C=O) groups is 2. The van der Waals surface area contributed by atoms with Gasteiger partial charge in [-0.25, -0.2) is 9.59 Å². The highest BCUT2D eigenvalue weighted by molar-refractivity contribution is 7.98. The monoisotopic (exact) mass is 246 g/mol. The molecule has 0 spiro atoms.